The third-order valence-electron chi connectivity index (χ3n) is 14.4. The monoisotopic (exact) mass is 1410 g/mol. The molecule has 0 unspecified atom stereocenters. The van der Waals surface area contributed by atoms with Crippen molar-refractivity contribution in [3.05, 3.63) is 110 Å². The Balaban J connectivity index is 0.000000433. The molecule has 0 spiro atoms. The van der Waals surface area contributed by atoms with E-state index in [0.29, 0.717) is 0 Å². The van der Waals surface area contributed by atoms with Gasteiger partial charge in [0.05, 0.1) is 79.5 Å². The minimum Gasteiger partial charge on any atom is -1.00 e. The summed E-state index contributed by atoms with van der Waals surface area (Å²) < 4.78 is 11.7. The van der Waals surface area contributed by atoms with Crippen molar-refractivity contribution in [2.75, 3.05) is 117 Å². The Labute approximate surface area is 534 Å². The van der Waals surface area contributed by atoms with Crippen LogP contribution in [-0.2, 0) is 42.3 Å². The average Bonchev–Trinajstić information content (AvgIpc) is 4.10. The number of hydrogen-bond donors (Lipinski definition) is 1. The van der Waals surface area contributed by atoms with Gasteiger partial charge in [-0.25, -0.2) is 27.4 Å². The van der Waals surface area contributed by atoms with E-state index in [2.05, 4.69) is 153 Å². The van der Waals surface area contributed by atoms with E-state index in [0.717, 1.165) is 124 Å². The van der Waals surface area contributed by atoms with Crippen LogP contribution in [0.1, 0.15) is 51.4 Å². The van der Waals surface area contributed by atoms with Gasteiger partial charge in [-0.3, -0.25) is 9.80 Å². The first-order valence-electron chi connectivity index (χ1n) is 27.7. The molecule has 81 heavy (non-hydrogen) atoms. The first kappa shape index (κ1) is 71.2. The van der Waals surface area contributed by atoms with Gasteiger partial charge >= 0.3 is 17.8 Å². The number of nitrogens with one attached hydrogen (secondary N) is 1. The molecular formula is C57H86Br2Cl3IN18. The average molecular weight is 1420 g/mol. The van der Waals surface area contributed by atoms with Gasteiger partial charge in [-0.1, -0.05) is 72.9 Å². The number of nitrogens with zero attached hydrogens (tertiary/aromatic N) is 17. The maximum absolute atomic E-state index is 4.43. The van der Waals surface area contributed by atoms with Crippen molar-refractivity contribution >= 4 is 108 Å². The molecule has 3 fully saturated rings. The first-order chi connectivity index (χ1) is 37.6. The molecule has 3 aromatic heterocycles. The molecule has 24 heteroatoms. The van der Waals surface area contributed by atoms with Crippen molar-refractivity contribution in [1.29, 1.82) is 0 Å². The zero-order chi connectivity index (χ0) is 54.2. The van der Waals surface area contributed by atoms with Gasteiger partial charge < -0.3 is 57.2 Å². The topological polar surface area (TPSA) is 129 Å². The minimum atomic E-state index is 0. The zero-order valence-electron chi connectivity index (χ0n) is 48.3. The number of halogens is 6. The highest BCUT2D eigenvalue weighted by Crippen LogP contribution is 2.26. The number of hydrogen-bond acceptors (Lipinski definition) is 12. The molecule has 0 atom stereocenters. The SMILES string of the molecule is BrCCCCCCBr.Cn1cc[n+](C)c1N=Nc1ccc(N2CCN(CCCCCCN3CCN(c4ccc(N=Nc5n(C)cc[n+]5C)cc4)CC3)CC2)cc1.Cn1cc[n+](C)c1N=Nc1ccc(N2CCNCC2)cc1.I.[Cl-].[Cl-].[Cl-]. The molecule has 9 rings (SSSR count). The number of piperazine rings is 3. The number of aryl methyl sites for hydroxylation is 6. The van der Waals surface area contributed by atoms with Crippen LogP contribution in [-0.4, -0.2) is 126 Å². The fourth-order valence-corrected chi connectivity index (χ4v) is 10.4. The quantitative estimate of drug-likeness (QED) is 0.0387. The minimum absolute atomic E-state index is 0. The van der Waals surface area contributed by atoms with Gasteiger partial charge in [0.15, 0.2) is 0 Å². The van der Waals surface area contributed by atoms with E-state index in [-0.39, 0.29) is 61.2 Å². The van der Waals surface area contributed by atoms with Crippen LogP contribution in [0.2, 0.25) is 0 Å². The normalized spacial score (nSPS) is 14.9. The largest absolute Gasteiger partial charge is 1.00 e. The second-order valence-electron chi connectivity index (χ2n) is 20.2. The van der Waals surface area contributed by atoms with Crippen molar-refractivity contribution in [2.24, 2.45) is 73.0 Å². The Kier molecular flexibility index (Phi) is 34.0. The number of rotatable bonds is 21. The van der Waals surface area contributed by atoms with E-state index in [1.54, 1.807) is 0 Å². The van der Waals surface area contributed by atoms with E-state index in [1.807, 2.05) is 119 Å². The summed E-state index contributed by atoms with van der Waals surface area (Å²) in [6.45, 7) is 15.5. The van der Waals surface area contributed by atoms with Crippen molar-refractivity contribution in [1.82, 2.24) is 28.8 Å². The number of anilines is 3. The summed E-state index contributed by atoms with van der Waals surface area (Å²) in [4.78, 5) is 12.6. The molecule has 18 nitrogen and oxygen atoms in total. The summed E-state index contributed by atoms with van der Waals surface area (Å²) in [5.74, 6) is 2.46. The molecule has 0 aliphatic carbocycles. The zero-order valence-corrected chi connectivity index (χ0v) is 56.0. The highest BCUT2D eigenvalue weighted by atomic mass is 127. The number of imidazole rings is 3. The van der Waals surface area contributed by atoms with E-state index < -0.39 is 0 Å². The molecule has 6 aromatic rings. The fourth-order valence-electron chi connectivity index (χ4n) is 9.62. The smallest absolute Gasteiger partial charge is 0.421 e. The number of unbranched alkanes of at least 4 members (excludes halogenated alkanes) is 6. The summed E-state index contributed by atoms with van der Waals surface area (Å²) in [6.07, 6.45) is 22.5. The molecule has 3 aromatic carbocycles. The molecule has 0 amide bonds. The molecule has 446 valence electrons. The summed E-state index contributed by atoms with van der Waals surface area (Å²) in [7, 11) is 11.8. The van der Waals surface area contributed by atoms with Crippen LogP contribution in [0.15, 0.2) is 141 Å². The van der Waals surface area contributed by atoms with Gasteiger partial charge in [-0.2, -0.15) is 0 Å². The summed E-state index contributed by atoms with van der Waals surface area (Å²) in [5.41, 5.74) is 6.41. The van der Waals surface area contributed by atoms with Crippen LogP contribution < -0.4 is 70.9 Å². The molecule has 3 saturated heterocycles. The molecule has 3 aliphatic heterocycles. The Morgan fingerprint density at radius 3 is 0.951 bits per heavy atom. The van der Waals surface area contributed by atoms with E-state index in [4.69, 9.17) is 0 Å². The van der Waals surface area contributed by atoms with Gasteiger partial charge in [-0.15, -0.1) is 24.0 Å². The lowest BCUT2D eigenvalue weighted by Crippen LogP contribution is -3.00. The first-order valence-corrected chi connectivity index (χ1v) is 29.9. The third-order valence-corrected chi connectivity index (χ3v) is 15.5. The Morgan fingerprint density at radius 1 is 0.395 bits per heavy atom. The molecule has 6 heterocycles. The van der Waals surface area contributed by atoms with Crippen molar-refractivity contribution in [2.45, 2.75) is 51.4 Å². The second kappa shape index (κ2) is 38.7. The number of azo groups is 3. The second-order valence-corrected chi connectivity index (χ2v) is 21.8. The lowest BCUT2D eigenvalue weighted by molar-refractivity contribution is -0.657. The summed E-state index contributed by atoms with van der Waals surface area (Å²) in [5, 5.41) is 32.0. The van der Waals surface area contributed by atoms with Gasteiger partial charge in [0.25, 0.3) is 0 Å². The van der Waals surface area contributed by atoms with Crippen molar-refractivity contribution < 1.29 is 50.9 Å². The number of aromatic nitrogens is 6. The van der Waals surface area contributed by atoms with E-state index in [1.165, 1.54) is 81.5 Å². The highest BCUT2D eigenvalue weighted by Gasteiger charge is 2.20. The molecule has 0 radical (unpaired) electrons. The predicted octanol–water partition coefficient (Wildman–Crippen LogP) is 1.99. The van der Waals surface area contributed by atoms with Gasteiger partial charge in [-0.05, 0) is 112 Å². The molecular weight excluding hydrogens is 1330 g/mol. The fraction of sp³-hybridized carbons (Fsp3) is 0.526. The number of alkyl halides is 2. The maximum atomic E-state index is 4.43. The van der Waals surface area contributed by atoms with Crippen LogP contribution >= 0.6 is 55.8 Å². The van der Waals surface area contributed by atoms with Gasteiger partial charge in [0.1, 0.15) is 17.1 Å². The van der Waals surface area contributed by atoms with Crippen LogP contribution in [0.5, 0.6) is 0 Å². The van der Waals surface area contributed by atoms with E-state index in [9.17, 15) is 0 Å². The van der Waals surface area contributed by atoms with Crippen LogP contribution in [0.3, 0.4) is 0 Å². The molecule has 3 aliphatic rings. The lowest BCUT2D eigenvalue weighted by atomic mass is 10.1. The highest BCUT2D eigenvalue weighted by molar-refractivity contribution is 14.0. The number of benzene rings is 3. The Bertz CT molecular complexity index is 2550. The third kappa shape index (κ3) is 23.1. The Morgan fingerprint density at radius 2 is 0.679 bits per heavy atom. The summed E-state index contributed by atoms with van der Waals surface area (Å²) >= 11 is 6.78. The lowest BCUT2D eigenvalue weighted by Gasteiger charge is -2.36. The van der Waals surface area contributed by atoms with Crippen molar-refractivity contribution in [3.8, 4) is 0 Å². The predicted molar refractivity (Wildman–Crippen MR) is 334 cm³/mol. The maximum Gasteiger partial charge on any atom is 0.421 e. The molecule has 0 saturated carbocycles. The van der Waals surface area contributed by atoms with Crippen LogP contribution in [0, 0.1) is 0 Å². The Hall–Kier alpha value is -4.07. The van der Waals surface area contributed by atoms with Crippen molar-refractivity contribution in [3.63, 3.8) is 0 Å². The van der Waals surface area contributed by atoms with E-state index >= 15 is 0 Å². The molecule has 0 bridgehead atoms. The van der Waals surface area contributed by atoms with Gasteiger partial charge in [0, 0.05) is 122 Å². The van der Waals surface area contributed by atoms with Crippen LogP contribution in [0.25, 0.3) is 0 Å². The standard InChI is InChI=1S/C36H52N12.C15H21N6.C6H12Br2.3ClH.HI/c1-41-19-20-42(2)35(41)39-37-31-9-13-33(14-10-31)47-27-23-45(24-28-47)17-7-5-6-8-18-46-25-29-48(30-26-46)34-15-11-32(12-16-34)38-40-36-43(3)21-22-44(36)4;1-19-11-12-20(2)15(19)18-17-13-3-5-14(6-4-13)21-9-7-16-8-10-21;7-5-3-1-2-4-6-8;;;;/h9-16,19-22H,5-8,17-18,23-30H2,1-4H3;3-6,11-12,16H,7-10H2,1-2H3;1-6H2;4*1H/q+2;+1;;;;;/p-3. The van der Waals surface area contributed by atoms with Crippen LogP contribution in [0.4, 0.5) is 52.0 Å². The summed E-state index contributed by atoms with van der Waals surface area (Å²) in [6, 6.07) is 25.2. The van der Waals surface area contributed by atoms with Gasteiger partial charge in [0.2, 0.25) is 0 Å². The molecule has 1 N–H and O–H groups in total.